The number of benzene rings is 2. The van der Waals surface area contributed by atoms with Crippen LogP contribution in [0.15, 0.2) is 60.8 Å². The number of likely N-dealkylation sites (tertiary alicyclic amines) is 1. The summed E-state index contributed by atoms with van der Waals surface area (Å²) in [4.78, 5) is 46.7. The summed E-state index contributed by atoms with van der Waals surface area (Å²) in [6.45, 7) is 3.95. The minimum Gasteiger partial charge on any atom is -0.494 e. The van der Waals surface area contributed by atoms with Gasteiger partial charge in [-0.3, -0.25) is 19.1 Å². The minimum atomic E-state index is -1.03. The molecule has 9 nitrogen and oxygen atoms in total. The summed E-state index contributed by atoms with van der Waals surface area (Å²) in [5, 5.41) is 4.46. The van der Waals surface area contributed by atoms with Crippen LogP contribution in [-0.2, 0) is 21.5 Å². The van der Waals surface area contributed by atoms with Crippen LogP contribution in [0.2, 0.25) is 0 Å². The van der Waals surface area contributed by atoms with Gasteiger partial charge < -0.3 is 19.4 Å². The van der Waals surface area contributed by atoms with Crippen LogP contribution in [0.5, 0.6) is 5.75 Å². The molecular formula is C29H31N5O4. The molecular weight excluding hydrogens is 482 g/mol. The van der Waals surface area contributed by atoms with Crippen LogP contribution < -0.4 is 9.64 Å². The first-order valence-electron chi connectivity index (χ1n) is 13.2. The number of para-hydroxylation sites is 1. The van der Waals surface area contributed by atoms with Gasteiger partial charge in [0.2, 0.25) is 11.8 Å². The molecule has 196 valence electrons. The molecule has 38 heavy (non-hydrogen) atoms. The molecule has 3 aliphatic heterocycles. The standard InChI is InChI=1S/C29H31N5O4/c1-3-32-15-12-23(30-32)27(36)33-16-13-29-22-10-4-5-11-24(22)34(28(29)37)19-25(35)31(2)14-7-17-38-21-9-6-8-20(18-21)26(29)33/h4-6,8-12,15,18,26H,3,7,13-14,16-17,19H2,1-2H3/t26-,29+/m0/s1. The van der Waals surface area contributed by atoms with Crippen molar-refractivity contribution < 1.29 is 19.1 Å². The highest BCUT2D eigenvalue weighted by Gasteiger charge is 2.62. The lowest BCUT2D eigenvalue weighted by molar-refractivity contribution is -0.131. The third-order valence-electron chi connectivity index (χ3n) is 8.07. The van der Waals surface area contributed by atoms with Gasteiger partial charge >= 0.3 is 0 Å². The fourth-order valence-corrected chi connectivity index (χ4v) is 6.17. The molecule has 3 aromatic rings. The zero-order valence-corrected chi connectivity index (χ0v) is 21.7. The van der Waals surface area contributed by atoms with Crippen LogP contribution in [0.1, 0.15) is 47.4 Å². The van der Waals surface area contributed by atoms with Crippen LogP contribution in [0.25, 0.3) is 0 Å². The number of hydrogen-bond donors (Lipinski definition) is 0. The van der Waals surface area contributed by atoms with Crippen molar-refractivity contribution >= 4 is 23.4 Å². The van der Waals surface area contributed by atoms with Gasteiger partial charge in [0.15, 0.2) is 0 Å². The van der Waals surface area contributed by atoms with Gasteiger partial charge in [-0.2, -0.15) is 5.10 Å². The quantitative estimate of drug-likeness (QED) is 0.526. The van der Waals surface area contributed by atoms with Crippen LogP contribution in [0.4, 0.5) is 5.69 Å². The summed E-state index contributed by atoms with van der Waals surface area (Å²) < 4.78 is 7.77. The molecule has 0 unspecified atom stereocenters. The average Bonchev–Trinajstić information content (AvgIpc) is 3.64. The number of hydrogen-bond acceptors (Lipinski definition) is 5. The average molecular weight is 514 g/mol. The Morgan fingerprint density at radius 2 is 1.95 bits per heavy atom. The van der Waals surface area contributed by atoms with Gasteiger partial charge in [-0.1, -0.05) is 30.3 Å². The van der Waals surface area contributed by atoms with Crippen molar-refractivity contribution in [2.75, 3.05) is 38.2 Å². The lowest BCUT2D eigenvalue weighted by Gasteiger charge is -2.35. The molecule has 1 fully saturated rings. The molecule has 0 N–H and O–H groups in total. The predicted molar refractivity (Wildman–Crippen MR) is 141 cm³/mol. The van der Waals surface area contributed by atoms with E-state index in [1.807, 2.05) is 55.5 Å². The van der Waals surface area contributed by atoms with E-state index in [2.05, 4.69) is 5.10 Å². The smallest absolute Gasteiger partial charge is 0.274 e. The molecule has 1 saturated heterocycles. The van der Waals surface area contributed by atoms with Gasteiger partial charge in [-0.15, -0.1) is 0 Å². The van der Waals surface area contributed by atoms with E-state index in [1.54, 1.807) is 38.7 Å². The highest BCUT2D eigenvalue weighted by molar-refractivity contribution is 6.12. The summed E-state index contributed by atoms with van der Waals surface area (Å²) in [5.74, 6) is 0.177. The van der Waals surface area contributed by atoms with Gasteiger partial charge in [0.1, 0.15) is 23.4 Å². The van der Waals surface area contributed by atoms with Crippen molar-refractivity contribution in [3.05, 3.63) is 77.6 Å². The first-order valence-corrected chi connectivity index (χ1v) is 13.2. The molecule has 1 spiro atoms. The lowest BCUT2D eigenvalue weighted by atomic mass is 9.72. The Kier molecular flexibility index (Phi) is 5.93. The molecule has 0 saturated carbocycles. The predicted octanol–water partition coefficient (Wildman–Crippen LogP) is 3.02. The second kappa shape index (κ2) is 9.31. The van der Waals surface area contributed by atoms with Crippen molar-refractivity contribution in [3.8, 4) is 5.75 Å². The van der Waals surface area contributed by atoms with E-state index in [4.69, 9.17) is 4.74 Å². The van der Waals surface area contributed by atoms with Crippen molar-refractivity contribution in [3.63, 3.8) is 0 Å². The molecule has 0 aliphatic carbocycles. The van der Waals surface area contributed by atoms with Crippen LogP contribution >= 0.6 is 0 Å². The molecule has 4 bridgehead atoms. The zero-order chi connectivity index (χ0) is 26.4. The van der Waals surface area contributed by atoms with Gasteiger partial charge in [-0.25, -0.2) is 0 Å². The van der Waals surface area contributed by atoms with Crippen LogP contribution in [-0.4, -0.2) is 70.6 Å². The molecule has 4 heterocycles. The summed E-state index contributed by atoms with van der Waals surface area (Å²) in [6.07, 6.45) is 2.90. The summed E-state index contributed by atoms with van der Waals surface area (Å²) in [7, 11) is 1.76. The van der Waals surface area contributed by atoms with Crippen molar-refractivity contribution in [1.29, 1.82) is 0 Å². The van der Waals surface area contributed by atoms with Gasteiger partial charge in [0, 0.05) is 38.6 Å². The fourth-order valence-electron chi connectivity index (χ4n) is 6.17. The SMILES string of the molecule is CCn1ccc(C(=O)N2CC[C@]34C(=O)N(CC(=O)N(C)CCCOc5cccc(c5)[C@H]23)c2ccccc24)n1. The molecule has 2 atom stereocenters. The van der Waals surface area contributed by atoms with Crippen LogP contribution in [0.3, 0.4) is 0 Å². The number of likely N-dealkylation sites (N-methyl/N-ethyl adjacent to an activating group) is 1. The number of carbonyl (C=O) groups excluding carboxylic acids is 3. The van der Waals surface area contributed by atoms with Gasteiger partial charge in [0.05, 0.1) is 12.6 Å². The Balaban J connectivity index is 1.53. The molecule has 3 aliphatic rings. The number of aryl methyl sites for hydroxylation is 1. The monoisotopic (exact) mass is 513 g/mol. The molecule has 2 aromatic carbocycles. The van der Waals surface area contributed by atoms with E-state index in [0.717, 1.165) is 16.8 Å². The highest BCUT2D eigenvalue weighted by Crippen LogP contribution is 2.57. The summed E-state index contributed by atoms with van der Waals surface area (Å²) in [5.41, 5.74) is 1.73. The molecule has 3 amide bonds. The number of nitrogens with zero attached hydrogens (tertiary/aromatic N) is 5. The maximum absolute atomic E-state index is 14.5. The van der Waals surface area contributed by atoms with E-state index in [1.165, 1.54) is 0 Å². The number of carbonyl (C=O) groups is 3. The maximum Gasteiger partial charge on any atom is 0.274 e. The first kappa shape index (κ1) is 24.2. The lowest BCUT2D eigenvalue weighted by Crippen LogP contribution is -2.48. The Hall–Kier alpha value is -4.14. The second-order valence-electron chi connectivity index (χ2n) is 10.2. The second-order valence-corrected chi connectivity index (χ2v) is 10.2. The highest BCUT2D eigenvalue weighted by atomic mass is 16.5. The number of ether oxygens (including phenoxy) is 1. The molecule has 6 rings (SSSR count). The van der Waals surface area contributed by atoms with E-state index in [-0.39, 0.29) is 24.3 Å². The third-order valence-corrected chi connectivity index (χ3v) is 8.07. The number of rotatable bonds is 2. The third kappa shape index (κ3) is 3.68. The number of fused-ring (bicyclic) bond motifs is 6. The molecule has 9 heteroatoms. The van der Waals surface area contributed by atoms with Crippen LogP contribution in [0, 0.1) is 0 Å². The number of anilines is 1. The van der Waals surface area contributed by atoms with E-state index >= 15 is 0 Å². The summed E-state index contributed by atoms with van der Waals surface area (Å²) >= 11 is 0. The number of amides is 3. The fraction of sp³-hybridized carbons (Fsp3) is 0.379. The first-order chi connectivity index (χ1) is 18.4. The largest absolute Gasteiger partial charge is 0.494 e. The van der Waals surface area contributed by atoms with Crippen molar-refractivity contribution in [2.24, 2.45) is 0 Å². The Morgan fingerprint density at radius 3 is 2.76 bits per heavy atom. The maximum atomic E-state index is 14.5. The number of aromatic nitrogens is 2. The van der Waals surface area contributed by atoms with E-state index < -0.39 is 11.5 Å². The Bertz CT molecular complexity index is 1420. The topological polar surface area (TPSA) is 88.0 Å². The van der Waals surface area contributed by atoms with Gasteiger partial charge in [0.25, 0.3) is 5.91 Å². The van der Waals surface area contributed by atoms with Gasteiger partial charge in [-0.05, 0) is 55.2 Å². The van der Waals surface area contributed by atoms with Crippen molar-refractivity contribution in [2.45, 2.75) is 37.8 Å². The van der Waals surface area contributed by atoms with E-state index in [9.17, 15) is 14.4 Å². The Labute approximate surface area is 221 Å². The molecule has 1 aromatic heterocycles. The van der Waals surface area contributed by atoms with E-state index in [0.29, 0.717) is 50.5 Å². The minimum absolute atomic E-state index is 0.0451. The zero-order valence-electron chi connectivity index (χ0n) is 21.7. The molecule has 0 radical (unpaired) electrons. The summed E-state index contributed by atoms with van der Waals surface area (Å²) in [6, 6.07) is 16.5. The van der Waals surface area contributed by atoms with Crippen molar-refractivity contribution in [1.82, 2.24) is 19.6 Å². The Morgan fingerprint density at radius 1 is 1.11 bits per heavy atom. The normalized spacial score (nSPS) is 23.1.